The van der Waals surface area contributed by atoms with Gasteiger partial charge in [0.2, 0.25) is 0 Å². The van der Waals surface area contributed by atoms with Crippen molar-refractivity contribution in [1.82, 2.24) is 5.32 Å². The van der Waals surface area contributed by atoms with E-state index in [1.165, 1.54) is 16.0 Å². The second-order valence-corrected chi connectivity index (χ2v) is 6.33. The Labute approximate surface area is 130 Å². The van der Waals surface area contributed by atoms with Crippen molar-refractivity contribution < 1.29 is 4.74 Å². The van der Waals surface area contributed by atoms with E-state index >= 15 is 0 Å². The van der Waals surface area contributed by atoms with Crippen molar-refractivity contribution in [2.24, 2.45) is 0 Å². The number of thioether (sulfide) groups is 1. The maximum Gasteiger partial charge on any atom is 0.123 e. The van der Waals surface area contributed by atoms with Gasteiger partial charge >= 0.3 is 0 Å². The molecule has 2 aromatic rings. The predicted molar refractivity (Wildman–Crippen MR) is 89.1 cm³/mol. The summed E-state index contributed by atoms with van der Waals surface area (Å²) < 4.78 is 5.52. The molecule has 2 unspecified atom stereocenters. The van der Waals surface area contributed by atoms with Crippen LogP contribution in [0.15, 0.2) is 53.4 Å². The van der Waals surface area contributed by atoms with Gasteiger partial charge in [0, 0.05) is 28.3 Å². The molecule has 0 saturated carbocycles. The Morgan fingerprint density at radius 3 is 2.76 bits per heavy atom. The van der Waals surface area contributed by atoms with E-state index < -0.39 is 0 Å². The lowest BCUT2D eigenvalue weighted by Gasteiger charge is -2.24. The largest absolute Gasteiger partial charge is 0.496 e. The lowest BCUT2D eigenvalue weighted by Crippen LogP contribution is -2.26. The third-order valence-electron chi connectivity index (χ3n) is 4.02. The zero-order chi connectivity index (χ0) is 14.7. The topological polar surface area (TPSA) is 21.3 Å². The Kier molecular flexibility index (Phi) is 4.51. The first kappa shape index (κ1) is 14.5. The summed E-state index contributed by atoms with van der Waals surface area (Å²) in [5.74, 6) is 2.07. The first-order valence-corrected chi connectivity index (χ1v) is 8.42. The molecule has 1 aliphatic rings. The SMILES string of the molecule is CCC(NC1CSc2ccccc21)c1ccccc1OC. The average molecular weight is 299 g/mol. The number of nitrogens with one attached hydrogen (secondary N) is 1. The lowest BCUT2D eigenvalue weighted by atomic mass is 10.0. The highest BCUT2D eigenvalue weighted by molar-refractivity contribution is 7.99. The van der Waals surface area contributed by atoms with Crippen LogP contribution < -0.4 is 10.1 Å². The highest BCUT2D eigenvalue weighted by atomic mass is 32.2. The summed E-state index contributed by atoms with van der Waals surface area (Å²) in [6.07, 6.45) is 1.05. The number of hydrogen-bond donors (Lipinski definition) is 1. The van der Waals surface area contributed by atoms with Crippen LogP contribution in [0.1, 0.15) is 36.6 Å². The summed E-state index contributed by atoms with van der Waals surface area (Å²) >= 11 is 1.94. The maximum atomic E-state index is 5.52. The Morgan fingerprint density at radius 1 is 1.19 bits per heavy atom. The van der Waals surface area contributed by atoms with Gasteiger partial charge in [-0.05, 0) is 24.1 Å². The fourth-order valence-corrected chi connectivity index (χ4v) is 4.10. The fraction of sp³-hybridized carbons (Fsp3) is 0.333. The van der Waals surface area contributed by atoms with Crippen LogP contribution in [0, 0.1) is 0 Å². The molecule has 2 atom stereocenters. The van der Waals surface area contributed by atoms with E-state index in [-0.39, 0.29) is 0 Å². The van der Waals surface area contributed by atoms with Crippen LogP contribution in [0.5, 0.6) is 5.75 Å². The molecule has 0 bridgehead atoms. The molecule has 0 radical (unpaired) electrons. The van der Waals surface area contributed by atoms with Crippen LogP contribution in [0.2, 0.25) is 0 Å². The molecule has 110 valence electrons. The molecule has 0 spiro atoms. The van der Waals surface area contributed by atoms with Gasteiger partial charge in [-0.25, -0.2) is 0 Å². The van der Waals surface area contributed by atoms with Crippen molar-refractivity contribution in [1.29, 1.82) is 0 Å². The Balaban J connectivity index is 1.83. The number of benzene rings is 2. The first-order chi connectivity index (χ1) is 10.3. The molecule has 0 aromatic heterocycles. The third-order valence-corrected chi connectivity index (χ3v) is 5.21. The Morgan fingerprint density at radius 2 is 1.95 bits per heavy atom. The average Bonchev–Trinajstić information content (AvgIpc) is 2.95. The number of rotatable bonds is 5. The van der Waals surface area contributed by atoms with Gasteiger partial charge < -0.3 is 10.1 Å². The summed E-state index contributed by atoms with van der Waals surface area (Å²) in [5.41, 5.74) is 2.67. The van der Waals surface area contributed by atoms with Gasteiger partial charge in [0.25, 0.3) is 0 Å². The van der Waals surface area contributed by atoms with E-state index in [1.807, 2.05) is 23.9 Å². The molecule has 0 saturated heterocycles. The first-order valence-electron chi connectivity index (χ1n) is 7.44. The van der Waals surface area contributed by atoms with Crippen molar-refractivity contribution >= 4 is 11.8 Å². The molecule has 0 amide bonds. The summed E-state index contributed by atoms with van der Waals surface area (Å²) in [7, 11) is 1.74. The van der Waals surface area contributed by atoms with E-state index in [9.17, 15) is 0 Å². The highest BCUT2D eigenvalue weighted by Gasteiger charge is 2.25. The smallest absolute Gasteiger partial charge is 0.123 e. The molecule has 0 aliphatic carbocycles. The second-order valence-electron chi connectivity index (χ2n) is 5.27. The van der Waals surface area contributed by atoms with E-state index in [0.717, 1.165) is 17.9 Å². The molecule has 1 N–H and O–H groups in total. The van der Waals surface area contributed by atoms with Crippen LogP contribution in [-0.2, 0) is 0 Å². The molecule has 21 heavy (non-hydrogen) atoms. The van der Waals surface area contributed by atoms with Gasteiger partial charge in [0.1, 0.15) is 5.75 Å². The molecule has 0 fully saturated rings. The van der Waals surface area contributed by atoms with Crippen molar-refractivity contribution in [3.63, 3.8) is 0 Å². The number of hydrogen-bond acceptors (Lipinski definition) is 3. The van der Waals surface area contributed by atoms with Crippen LogP contribution >= 0.6 is 11.8 Å². The number of fused-ring (bicyclic) bond motifs is 1. The normalized spacial score (nSPS) is 18.3. The van der Waals surface area contributed by atoms with Gasteiger partial charge in [0.05, 0.1) is 7.11 Å². The second kappa shape index (κ2) is 6.54. The van der Waals surface area contributed by atoms with Crippen LogP contribution in [-0.4, -0.2) is 12.9 Å². The summed E-state index contributed by atoms with van der Waals surface area (Å²) in [5, 5.41) is 3.81. The van der Waals surface area contributed by atoms with Crippen molar-refractivity contribution in [3.05, 3.63) is 59.7 Å². The zero-order valence-electron chi connectivity index (χ0n) is 12.5. The zero-order valence-corrected chi connectivity index (χ0v) is 13.3. The minimum absolute atomic E-state index is 0.318. The molecular formula is C18H21NOS. The van der Waals surface area contributed by atoms with Gasteiger partial charge in [0.15, 0.2) is 0 Å². The highest BCUT2D eigenvalue weighted by Crippen LogP contribution is 2.40. The van der Waals surface area contributed by atoms with Gasteiger partial charge in [-0.1, -0.05) is 43.3 Å². The van der Waals surface area contributed by atoms with Gasteiger partial charge in [-0.2, -0.15) is 0 Å². The monoisotopic (exact) mass is 299 g/mol. The van der Waals surface area contributed by atoms with E-state index in [1.54, 1.807) is 7.11 Å². The van der Waals surface area contributed by atoms with Crippen LogP contribution in [0.3, 0.4) is 0 Å². The number of para-hydroxylation sites is 1. The molecule has 1 aliphatic heterocycles. The molecule has 1 heterocycles. The van der Waals surface area contributed by atoms with Gasteiger partial charge in [-0.3, -0.25) is 0 Å². The minimum Gasteiger partial charge on any atom is -0.496 e. The van der Waals surface area contributed by atoms with E-state index in [2.05, 4.69) is 48.6 Å². The van der Waals surface area contributed by atoms with E-state index in [0.29, 0.717) is 12.1 Å². The molecule has 3 heteroatoms. The van der Waals surface area contributed by atoms with Crippen molar-refractivity contribution in [2.45, 2.75) is 30.3 Å². The summed E-state index contributed by atoms with van der Waals surface area (Å²) in [6, 6.07) is 17.7. The Bertz CT molecular complexity index is 614. The third kappa shape index (κ3) is 2.94. The van der Waals surface area contributed by atoms with E-state index in [4.69, 9.17) is 4.74 Å². The van der Waals surface area contributed by atoms with Crippen LogP contribution in [0.25, 0.3) is 0 Å². The molecule has 2 nitrogen and oxygen atoms in total. The standard InChI is InChI=1S/C18H21NOS/c1-3-15(13-8-4-6-10-17(13)20-2)19-16-12-21-18-11-7-5-9-14(16)18/h4-11,15-16,19H,3,12H2,1-2H3. The van der Waals surface area contributed by atoms with Crippen LogP contribution in [0.4, 0.5) is 0 Å². The summed E-state index contributed by atoms with van der Waals surface area (Å²) in [6.45, 7) is 2.22. The number of ether oxygens (including phenoxy) is 1. The predicted octanol–water partition coefficient (Wildman–Crippen LogP) is 4.58. The summed E-state index contributed by atoms with van der Waals surface area (Å²) in [4.78, 5) is 1.41. The minimum atomic E-state index is 0.318. The number of methoxy groups -OCH3 is 1. The molecule has 3 rings (SSSR count). The lowest BCUT2D eigenvalue weighted by molar-refractivity contribution is 0.389. The molecule has 2 aromatic carbocycles. The quantitative estimate of drug-likeness (QED) is 0.873. The fourth-order valence-electron chi connectivity index (χ4n) is 2.93. The van der Waals surface area contributed by atoms with Gasteiger partial charge in [-0.15, -0.1) is 11.8 Å². The Hall–Kier alpha value is -1.45. The molecular weight excluding hydrogens is 278 g/mol. The van der Waals surface area contributed by atoms with Crippen molar-refractivity contribution in [2.75, 3.05) is 12.9 Å². The van der Waals surface area contributed by atoms with Crippen molar-refractivity contribution in [3.8, 4) is 5.75 Å². The maximum absolute atomic E-state index is 5.52.